The number of hydrogen-bond donors (Lipinski definition) is 0. The highest BCUT2D eigenvalue weighted by atomic mass is 16.5. The summed E-state index contributed by atoms with van der Waals surface area (Å²) in [6, 6.07) is 14.0. The van der Waals surface area contributed by atoms with E-state index in [1.807, 2.05) is 42.5 Å². The molecule has 0 unspecified atom stereocenters. The number of fused-ring (bicyclic) bond motifs is 1. The second-order valence-corrected chi connectivity index (χ2v) is 3.24. The molecule has 2 nitrogen and oxygen atoms in total. The summed E-state index contributed by atoms with van der Waals surface area (Å²) in [4.78, 5) is 0. The highest BCUT2D eigenvalue weighted by Crippen LogP contribution is 2.16. The van der Waals surface area contributed by atoms with Crippen molar-refractivity contribution in [3.05, 3.63) is 53.2 Å². The van der Waals surface area contributed by atoms with Crippen LogP contribution in [0.25, 0.3) is 10.8 Å². The van der Waals surface area contributed by atoms with Crippen LogP contribution in [0.4, 0.5) is 0 Å². The van der Waals surface area contributed by atoms with Gasteiger partial charge in [-0.25, -0.2) is 4.74 Å². The van der Waals surface area contributed by atoms with Crippen LogP contribution in [0.15, 0.2) is 42.5 Å². The maximum absolute atomic E-state index is 10.9. The zero-order valence-electron chi connectivity index (χ0n) is 7.97. The Balaban J connectivity index is 2.71. The Labute approximate surface area is 82.7 Å². The summed E-state index contributed by atoms with van der Waals surface area (Å²) in [6.45, 7) is 0. The summed E-state index contributed by atoms with van der Waals surface area (Å²) in [7, 11) is 1.49. The van der Waals surface area contributed by atoms with Crippen molar-refractivity contribution in [3.8, 4) is 0 Å². The lowest BCUT2D eigenvalue weighted by molar-refractivity contribution is -0.416. The molecule has 2 rings (SSSR count). The van der Waals surface area contributed by atoms with E-state index in [1.54, 1.807) is 6.21 Å². The van der Waals surface area contributed by atoms with Gasteiger partial charge in [-0.05, 0) is 16.8 Å². The van der Waals surface area contributed by atoms with Gasteiger partial charge in [-0.3, -0.25) is 0 Å². The first-order chi connectivity index (χ1) is 6.77. The van der Waals surface area contributed by atoms with Crippen molar-refractivity contribution in [2.24, 2.45) is 0 Å². The lowest BCUT2D eigenvalue weighted by atomic mass is 10.1. The molecule has 2 aromatic carbocycles. The number of nitrogens with zero attached hydrogens (tertiary/aromatic N) is 1. The van der Waals surface area contributed by atoms with Crippen molar-refractivity contribution >= 4 is 17.0 Å². The molecule has 0 N–H and O–H groups in total. The molecule has 0 amide bonds. The van der Waals surface area contributed by atoms with E-state index in [0.29, 0.717) is 0 Å². The molecular formula is C12H11NO. The van der Waals surface area contributed by atoms with Crippen molar-refractivity contribution < 1.29 is 4.74 Å². The SMILES string of the molecule is C/[N+]([O-])=C/c1cccc2ccccc12. The van der Waals surface area contributed by atoms with Crippen LogP contribution in [0, 0.1) is 5.21 Å². The first-order valence-corrected chi connectivity index (χ1v) is 4.50. The third-order valence-corrected chi connectivity index (χ3v) is 2.14. The molecule has 0 saturated carbocycles. The lowest BCUT2D eigenvalue weighted by Gasteiger charge is -2.01. The van der Waals surface area contributed by atoms with E-state index in [-0.39, 0.29) is 0 Å². The lowest BCUT2D eigenvalue weighted by Crippen LogP contribution is -1.97. The van der Waals surface area contributed by atoms with Crippen LogP contribution >= 0.6 is 0 Å². The van der Waals surface area contributed by atoms with E-state index >= 15 is 0 Å². The van der Waals surface area contributed by atoms with E-state index in [0.717, 1.165) is 21.1 Å². The van der Waals surface area contributed by atoms with Crippen LogP contribution in [-0.4, -0.2) is 18.0 Å². The molecule has 0 aliphatic carbocycles. The van der Waals surface area contributed by atoms with E-state index in [2.05, 4.69) is 0 Å². The number of rotatable bonds is 1. The van der Waals surface area contributed by atoms with Gasteiger partial charge >= 0.3 is 0 Å². The molecule has 0 aliphatic rings. The highest BCUT2D eigenvalue weighted by molar-refractivity contribution is 5.98. The summed E-state index contributed by atoms with van der Waals surface area (Å²) < 4.78 is 0.821. The number of benzene rings is 2. The fraction of sp³-hybridized carbons (Fsp3) is 0.0833. The molecule has 0 fully saturated rings. The molecule has 2 heteroatoms. The van der Waals surface area contributed by atoms with Gasteiger partial charge in [-0.1, -0.05) is 36.4 Å². The van der Waals surface area contributed by atoms with E-state index in [9.17, 15) is 5.21 Å². The standard InChI is InChI=1S/C12H11NO/c1-13(14)9-11-7-4-6-10-5-2-3-8-12(10)11/h2-9H,1H3/b13-9-. The van der Waals surface area contributed by atoms with Crippen LogP contribution < -0.4 is 0 Å². The van der Waals surface area contributed by atoms with Crippen LogP contribution in [0.5, 0.6) is 0 Å². The monoisotopic (exact) mass is 185 g/mol. The minimum atomic E-state index is 0.821. The molecule has 70 valence electrons. The number of hydroxylamine groups is 1. The fourth-order valence-corrected chi connectivity index (χ4v) is 1.56. The van der Waals surface area contributed by atoms with Gasteiger partial charge in [-0.2, -0.15) is 0 Å². The summed E-state index contributed by atoms with van der Waals surface area (Å²) in [5.41, 5.74) is 0.959. The van der Waals surface area contributed by atoms with E-state index in [1.165, 1.54) is 7.05 Å². The number of hydrogen-bond acceptors (Lipinski definition) is 1. The van der Waals surface area contributed by atoms with Crippen molar-refractivity contribution in [3.63, 3.8) is 0 Å². The Morgan fingerprint density at radius 3 is 2.57 bits per heavy atom. The summed E-state index contributed by atoms with van der Waals surface area (Å²) >= 11 is 0. The Morgan fingerprint density at radius 2 is 1.79 bits per heavy atom. The summed E-state index contributed by atoms with van der Waals surface area (Å²) in [5, 5.41) is 13.2. The Hall–Kier alpha value is -1.83. The molecule has 0 saturated heterocycles. The molecule has 0 radical (unpaired) electrons. The summed E-state index contributed by atoms with van der Waals surface area (Å²) in [6.07, 6.45) is 1.59. The molecule has 14 heavy (non-hydrogen) atoms. The first kappa shape index (κ1) is 8.75. The van der Waals surface area contributed by atoms with E-state index < -0.39 is 0 Å². The van der Waals surface area contributed by atoms with Crippen LogP contribution in [0.2, 0.25) is 0 Å². The van der Waals surface area contributed by atoms with Gasteiger partial charge in [-0.15, -0.1) is 0 Å². The third-order valence-electron chi connectivity index (χ3n) is 2.14. The average molecular weight is 185 g/mol. The Morgan fingerprint density at radius 1 is 1.07 bits per heavy atom. The molecule has 0 heterocycles. The normalized spacial score (nSPS) is 11.9. The smallest absolute Gasteiger partial charge is 0.182 e. The van der Waals surface area contributed by atoms with Crippen molar-refractivity contribution in [2.45, 2.75) is 0 Å². The second-order valence-electron chi connectivity index (χ2n) is 3.24. The maximum atomic E-state index is 10.9. The molecule has 0 spiro atoms. The Kier molecular flexibility index (Phi) is 2.19. The van der Waals surface area contributed by atoms with E-state index in [4.69, 9.17) is 0 Å². The van der Waals surface area contributed by atoms with Gasteiger partial charge in [0, 0.05) is 5.56 Å². The zero-order chi connectivity index (χ0) is 9.97. The predicted octanol–water partition coefficient (Wildman–Crippen LogP) is 2.40. The molecular weight excluding hydrogens is 174 g/mol. The third kappa shape index (κ3) is 1.59. The topological polar surface area (TPSA) is 26.1 Å². The highest BCUT2D eigenvalue weighted by Gasteiger charge is 1.98. The summed E-state index contributed by atoms with van der Waals surface area (Å²) in [5.74, 6) is 0. The molecule has 0 aromatic heterocycles. The van der Waals surface area contributed by atoms with Crippen LogP contribution in [-0.2, 0) is 0 Å². The van der Waals surface area contributed by atoms with Gasteiger partial charge in [0.25, 0.3) is 0 Å². The van der Waals surface area contributed by atoms with Gasteiger partial charge in [0.2, 0.25) is 0 Å². The quantitative estimate of drug-likeness (QED) is 0.290. The van der Waals surface area contributed by atoms with Gasteiger partial charge in [0.15, 0.2) is 6.21 Å². The predicted molar refractivity (Wildman–Crippen MR) is 58.7 cm³/mol. The minimum absolute atomic E-state index is 0.821. The molecule has 2 aromatic rings. The van der Waals surface area contributed by atoms with Gasteiger partial charge in [0.05, 0.1) is 0 Å². The largest absolute Gasteiger partial charge is 0.624 e. The minimum Gasteiger partial charge on any atom is -0.624 e. The molecule has 0 bridgehead atoms. The Bertz CT molecular complexity index is 479. The first-order valence-electron chi connectivity index (χ1n) is 4.50. The fourth-order valence-electron chi connectivity index (χ4n) is 1.56. The molecule has 0 aliphatic heterocycles. The molecule has 0 atom stereocenters. The van der Waals surface area contributed by atoms with Gasteiger partial charge in [0.1, 0.15) is 7.05 Å². The van der Waals surface area contributed by atoms with Crippen molar-refractivity contribution in [1.82, 2.24) is 0 Å². The zero-order valence-corrected chi connectivity index (χ0v) is 7.97. The van der Waals surface area contributed by atoms with Crippen molar-refractivity contribution in [2.75, 3.05) is 7.05 Å². The van der Waals surface area contributed by atoms with Crippen molar-refractivity contribution in [1.29, 1.82) is 0 Å². The average Bonchev–Trinajstić information content (AvgIpc) is 2.18. The van der Waals surface area contributed by atoms with Crippen LogP contribution in [0.1, 0.15) is 5.56 Å². The second kappa shape index (κ2) is 3.50. The van der Waals surface area contributed by atoms with Crippen LogP contribution in [0.3, 0.4) is 0 Å². The maximum Gasteiger partial charge on any atom is 0.182 e. The van der Waals surface area contributed by atoms with Gasteiger partial charge < -0.3 is 5.21 Å².